The molecule has 1 aliphatic heterocycles. The molecule has 8 aromatic rings. The quantitative estimate of drug-likeness (QED) is 0.191. The van der Waals surface area contributed by atoms with Gasteiger partial charge in [-0.05, 0) is 88.3 Å². The van der Waals surface area contributed by atoms with Gasteiger partial charge in [-0.2, -0.15) is 0 Å². The molecule has 0 radical (unpaired) electrons. The van der Waals surface area contributed by atoms with Gasteiger partial charge in [0.25, 0.3) is 0 Å². The Kier molecular flexibility index (Phi) is 5.72. The average molecular weight is 576 g/mol. The first-order valence-corrected chi connectivity index (χ1v) is 15.4. The van der Waals surface area contributed by atoms with Crippen molar-refractivity contribution in [2.24, 2.45) is 4.99 Å². The molecule has 0 fully saturated rings. The molecule has 3 heteroatoms. The van der Waals surface area contributed by atoms with Crippen LogP contribution in [0, 0.1) is 0 Å². The zero-order valence-electron chi connectivity index (χ0n) is 24.7. The molecule has 9 rings (SSSR count). The Labute approximate surface area is 262 Å². The van der Waals surface area contributed by atoms with Crippen LogP contribution in [0.2, 0.25) is 0 Å². The summed E-state index contributed by atoms with van der Waals surface area (Å²) in [4.78, 5) is 6.73. The molecule has 7 aromatic carbocycles. The van der Waals surface area contributed by atoms with Crippen molar-refractivity contribution < 1.29 is 0 Å². The maximum atomic E-state index is 4.35. The fourth-order valence-electron chi connectivity index (χ4n) is 7.23. The van der Waals surface area contributed by atoms with Gasteiger partial charge in [-0.1, -0.05) is 103 Å². The third kappa shape index (κ3) is 3.94. The SMILES string of the molecule is C=Nc1ccccc1N1Cc2ccc3c(c2-c2ccccc21)c1ccccc1n3-c1cccc(-c2ccc3ccccc3c2)c1. The van der Waals surface area contributed by atoms with E-state index in [-0.39, 0.29) is 0 Å². The van der Waals surface area contributed by atoms with Crippen LogP contribution in [0.4, 0.5) is 17.1 Å². The molecule has 45 heavy (non-hydrogen) atoms. The lowest BCUT2D eigenvalue weighted by molar-refractivity contribution is 0.963. The third-order valence-electron chi connectivity index (χ3n) is 9.25. The van der Waals surface area contributed by atoms with Crippen molar-refractivity contribution >= 4 is 56.4 Å². The van der Waals surface area contributed by atoms with Crippen molar-refractivity contribution in [1.82, 2.24) is 4.57 Å². The van der Waals surface area contributed by atoms with Crippen molar-refractivity contribution in [2.75, 3.05) is 4.90 Å². The smallest absolute Gasteiger partial charge is 0.0859 e. The fourth-order valence-corrected chi connectivity index (χ4v) is 7.23. The Morgan fingerprint density at radius 3 is 2.22 bits per heavy atom. The Bertz CT molecular complexity index is 2450. The van der Waals surface area contributed by atoms with Gasteiger partial charge in [-0.25, -0.2) is 0 Å². The summed E-state index contributed by atoms with van der Waals surface area (Å²) in [7, 11) is 0. The Morgan fingerprint density at radius 2 is 1.31 bits per heavy atom. The van der Waals surface area contributed by atoms with Crippen molar-refractivity contribution in [1.29, 1.82) is 0 Å². The van der Waals surface area contributed by atoms with E-state index in [0.29, 0.717) is 0 Å². The van der Waals surface area contributed by atoms with E-state index in [4.69, 9.17) is 0 Å². The maximum absolute atomic E-state index is 4.35. The number of hydrogen-bond donors (Lipinski definition) is 0. The minimum Gasteiger partial charge on any atom is -0.335 e. The number of benzene rings is 7. The highest BCUT2D eigenvalue weighted by molar-refractivity contribution is 6.18. The molecular weight excluding hydrogens is 546 g/mol. The van der Waals surface area contributed by atoms with Crippen molar-refractivity contribution in [3.63, 3.8) is 0 Å². The number of aliphatic imine (C=N–C) groups is 1. The lowest BCUT2D eigenvalue weighted by Gasteiger charge is -2.34. The summed E-state index contributed by atoms with van der Waals surface area (Å²) in [5.41, 5.74) is 13.0. The number of para-hydroxylation sites is 4. The second-order valence-electron chi connectivity index (χ2n) is 11.7. The Balaban J connectivity index is 1.27. The summed E-state index contributed by atoms with van der Waals surface area (Å²) in [6.07, 6.45) is 0. The van der Waals surface area contributed by atoms with Crippen LogP contribution in [-0.4, -0.2) is 11.3 Å². The van der Waals surface area contributed by atoms with Gasteiger partial charge >= 0.3 is 0 Å². The Morgan fingerprint density at radius 1 is 0.556 bits per heavy atom. The normalized spacial score (nSPS) is 12.4. The molecule has 2 heterocycles. The van der Waals surface area contributed by atoms with Crippen LogP contribution in [0.3, 0.4) is 0 Å². The van der Waals surface area contributed by atoms with Gasteiger partial charge < -0.3 is 9.47 Å². The molecule has 1 aromatic heterocycles. The van der Waals surface area contributed by atoms with E-state index in [9.17, 15) is 0 Å². The van der Waals surface area contributed by atoms with Crippen molar-refractivity contribution in [3.8, 4) is 27.9 Å². The van der Waals surface area contributed by atoms with E-state index >= 15 is 0 Å². The number of aromatic nitrogens is 1. The van der Waals surface area contributed by atoms with Crippen LogP contribution in [0.15, 0.2) is 157 Å². The lowest BCUT2D eigenvalue weighted by atomic mass is 9.89. The van der Waals surface area contributed by atoms with E-state index in [1.54, 1.807) is 0 Å². The van der Waals surface area contributed by atoms with Crippen LogP contribution in [-0.2, 0) is 6.54 Å². The van der Waals surface area contributed by atoms with Gasteiger partial charge in [0.2, 0.25) is 0 Å². The summed E-state index contributed by atoms with van der Waals surface area (Å²) >= 11 is 0. The van der Waals surface area contributed by atoms with E-state index in [0.717, 1.165) is 23.6 Å². The predicted molar refractivity (Wildman–Crippen MR) is 191 cm³/mol. The highest BCUT2D eigenvalue weighted by Crippen LogP contribution is 2.49. The zero-order chi connectivity index (χ0) is 29.9. The molecule has 0 unspecified atom stereocenters. The van der Waals surface area contributed by atoms with Gasteiger partial charge in [0.1, 0.15) is 0 Å². The van der Waals surface area contributed by atoms with Crippen LogP contribution >= 0.6 is 0 Å². The highest BCUT2D eigenvalue weighted by atomic mass is 15.2. The first-order valence-electron chi connectivity index (χ1n) is 15.4. The summed E-state index contributed by atoms with van der Waals surface area (Å²) < 4.78 is 2.43. The second kappa shape index (κ2) is 10.1. The average Bonchev–Trinajstić information content (AvgIpc) is 3.45. The van der Waals surface area contributed by atoms with Gasteiger partial charge in [-0.15, -0.1) is 0 Å². The van der Waals surface area contributed by atoms with Gasteiger partial charge in [0.15, 0.2) is 0 Å². The topological polar surface area (TPSA) is 20.5 Å². The molecule has 0 bridgehead atoms. The molecule has 212 valence electrons. The van der Waals surface area contributed by atoms with Crippen LogP contribution in [0.5, 0.6) is 0 Å². The third-order valence-corrected chi connectivity index (χ3v) is 9.25. The van der Waals surface area contributed by atoms with E-state index in [1.165, 1.54) is 66.1 Å². The molecule has 0 saturated carbocycles. The number of hydrogen-bond acceptors (Lipinski definition) is 2. The molecule has 3 nitrogen and oxygen atoms in total. The summed E-state index contributed by atoms with van der Waals surface area (Å²) in [5.74, 6) is 0. The molecular formula is C42H29N3. The first kappa shape index (κ1) is 25.6. The molecule has 1 aliphatic rings. The van der Waals surface area contributed by atoms with Crippen molar-refractivity contribution in [2.45, 2.75) is 6.54 Å². The first-order chi connectivity index (χ1) is 22.3. The number of rotatable bonds is 4. The monoisotopic (exact) mass is 575 g/mol. The largest absolute Gasteiger partial charge is 0.335 e. The van der Waals surface area contributed by atoms with Crippen molar-refractivity contribution in [3.05, 3.63) is 157 Å². The molecule has 0 spiro atoms. The fraction of sp³-hybridized carbons (Fsp3) is 0.0238. The minimum absolute atomic E-state index is 0.756. The lowest BCUT2D eigenvalue weighted by Crippen LogP contribution is -2.21. The number of fused-ring (bicyclic) bond motifs is 8. The van der Waals surface area contributed by atoms with Gasteiger partial charge in [0, 0.05) is 34.3 Å². The summed E-state index contributed by atoms with van der Waals surface area (Å²) in [6, 6.07) is 54.7. The van der Waals surface area contributed by atoms with Crippen LogP contribution in [0.1, 0.15) is 5.56 Å². The standard InChI is InChI=1S/C42H29N3/c1-43-36-17-6-9-20-39(36)44-27-32-23-24-40-42(41(32)34-15-4-7-18-37(34)44)35-16-5-8-19-38(35)45(40)33-14-10-13-30(26-33)31-22-21-28-11-2-3-12-29(28)25-31/h2-26H,1,27H2. The highest BCUT2D eigenvalue weighted by Gasteiger charge is 2.28. The molecule has 0 amide bonds. The molecule has 0 saturated heterocycles. The van der Waals surface area contributed by atoms with Crippen LogP contribution < -0.4 is 4.90 Å². The predicted octanol–water partition coefficient (Wildman–Crippen LogP) is 11.3. The minimum atomic E-state index is 0.756. The van der Waals surface area contributed by atoms with E-state index in [1.807, 2.05) is 12.1 Å². The van der Waals surface area contributed by atoms with Gasteiger partial charge in [0.05, 0.1) is 22.4 Å². The maximum Gasteiger partial charge on any atom is 0.0859 e. The Hall–Kier alpha value is -5.93. The number of anilines is 2. The second-order valence-corrected chi connectivity index (χ2v) is 11.7. The summed E-state index contributed by atoms with van der Waals surface area (Å²) in [5, 5.41) is 5.06. The number of nitrogens with zero attached hydrogens (tertiary/aromatic N) is 3. The van der Waals surface area contributed by atoms with Gasteiger partial charge in [-0.3, -0.25) is 4.99 Å². The van der Waals surface area contributed by atoms with E-state index in [2.05, 4.69) is 161 Å². The zero-order valence-corrected chi connectivity index (χ0v) is 24.7. The van der Waals surface area contributed by atoms with Crippen LogP contribution in [0.25, 0.3) is 60.5 Å². The molecule has 0 atom stereocenters. The molecule has 0 aliphatic carbocycles. The molecule has 0 N–H and O–H groups in total. The summed E-state index contributed by atoms with van der Waals surface area (Å²) in [6.45, 7) is 4.61. The van der Waals surface area contributed by atoms with E-state index < -0.39 is 0 Å².